The van der Waals surface area contributed by atoms with Gasteiger partial charge in [-0.05, 0) is 19.3 Å². The minimum atomic E-state index is 0.206. The van der Waals surface area contributed by atoms with E-state index in [1.807, 2.05) is 11.8 Å². The second-order valence-electron chi connectivity index (χ2n) is 4.24. The van der Waals surface area contributed by atoms with Crippen LogP contribution in [-0.2, 0) is 4.79 Å². The molecule has 1 heterocycles. The summed E-state index contributed by atoms with van der Waals surface area (Å²) in [5, 5.41) is 0. The van der Waals surface area contributed by atoms with Crippen molar-refractivity contribution in [3.05, 3.63) is 0 Å². The van der Waals surface area contributed by atoms with E-state index in [1.165, 1.54) is 0 Å². The van der Waals surface area contributed by atoms with Crippen LogP contribution >= 0.6 is 11.6 Å². The summed E-state index contributed by atoms with van der Waals surface area (Å²) in [6.07, 6.45) is 0.994. The van der Waals surface area contributed by atoms with Gasteiger partial charge in [0.05, 0.1) is 0 Å². The highest BCUT2D eigenvalue weighted by atomic mass is 35.5. The van der Waals surface area contributed by atoms with E-state index in [2.05, 4.69) is 13.8 Å². The van der Waals surface area contributed by atoms with Gasteiger partial charge in [0.25, 0.3) is 0 Å². The second-order valence-corrected chi connectivity index (χ2v) is 4.54. The van der Waals surface area contributed by atoms with Crippen LogP contribution in [0, 0.1) is 11.8 Å². The molecule has 13 heavy (non-hydrogen) atoms. The van der Waals surface area contributed by atoms with E-state index in [0.29, 0.717) is 23.7 Å². The summed E-state index contributed by atoms with van der Waals surface area (Å²) >= 11 is 5.72. The molecule has 1 saturated heterocycles. The highest BCUT2D eigenvalue weighted by molar-refractivity contribution is 6.18. The molecule has 3 atom stereocenters. The smallest absolute Gasteiger partial charge is 0.225 e. The number of carbonyl (C=O) groups excluding carboxylic acids is 1. The molecule has 0 radical (unpaired) electrons. The lowest BCUT2D eigenvalue weighted by Gasteiger charge is -2.24. The zero-order chi connectivity index (χ0) is 10.0. The predicted octanol–water partition coefficient (Wildman–Crippen LogP) is 2.12. The molecule has 1 aliphatic heterocycles. The minimum absolute atomic E-state index is 0.206. The van der Waals surface area contributed by atoms with Crippen LogP contribution in [0.2, 0.25) is 0 Å². The van der Waals surface area contributed by atoms with E-state index in [1.54, 1.807) is 0 Å². The van der Waals surface area contributed by atoms with Gasteiger partial charge < -0.3 is 4.90 Å². The van der Waals surface area contributed by atoms with Crippen molar-refractivity contribution < 1.29 is 4.79 Å². The molecule has 0 bridgehead atoms. The maximum Gasteiger partial charge on any atom is 0.225 e. The molecule has 0 aromatic heterocycles. The highest BCUT2D eigenvalue weighted by Crippen LogP contribution is 2.24. The number of alkyl halides is 1. The summed E-state index contributed by atoms with van der Waals surface area (Å²) in [7, 11) is 0. The summed E-state index contributed by atoms with van der Waals surface area (Å²) in [6, 6.07) is 0.396. The van der Waals surface area contributed by atoms with Crippen LogP contribution in [0.1, 0.15) is 27.2 Å². The Morgan fingerprint density at radius 2 is 2.23 bits per heavy atom. The highest BCUT2D eigenvalue weighted by Gasteiger charge is 2.34. The molecule has 3 unspecified atom stereocenters. The zero-order valence-electron chi connectivity index (χ0n) is 8.59. The van der Waals surface area contributed by atoms with Crippen molar-refractivity contribution in [2.75, 3.05) is 12.4 Å². The summed E-state index contributed by atoms with van der Waals surface area (Å²) in [6.45, 7) is 7.01. The van der Waals surface area contributed by atoms with Gasteiger partial charge in [-0.25, -0.2) is 0 Å². The van der Waals surface area contributed by atoms with Crippen LogP contribution in [0.15, 0.2) is 0 Å². The van der Waals surface area contributed by atoms with Crippen LogP contribution in [0.25, 0.3) is 0 Å². The van der Waals surface area contributed by atoms with Gasteiger partial charge in [-0.1, -0.05) is 13.8 Å². The van der Waals surface area contributed by atoms with Gasteiger partial charge in [-0.2, -0.15) is 0 Å². The van der Waals surface area contributed by atoms with Crippen LogP contribution in [0.5, 0.6) is 0 Å². The standard InChI is InChI=1S/C10H18ClNO/c1-7(5-11)6-12-9(3)4-8(2)10(12)13/h7-9H,4-6H2,1-3H3. The van der Waals surface area contributed by atoms with Crippen molar-refractivity contribution in [2.24, 2.45) is 11.8 Å². The number of amides is 1. The fraction of sp³-hybridized carbons (Fsp3) is 0.900. The van der Waals surface area contributed by atoms with Crippen molar-refractivity contribution in [2.45, 2.75) is 33.2 Å². The van der Waals surface area contributed by atoms with E-state index in [0.717, 1.165) is 13.0 Å². The minimum Gasteiger partial charge on any atom is -0.339 e. The molecule has 0 spiro atoms. The number of hydrogen-bond acceptors (Lipinski definition) is 1. The van der Waals surface area contributed by atoms with Crippen molar-refractivity contribution in [3.63, 3.8) is 0 Å². The van der Waals surface area contributed by atoms with Gasteiger partial charge in [-0.3, -0.25) is 4.79 Å². The van der Waals surface area contributed by atoms with Crippen molar-refractivity contribution in [1.29, 1.82) is 0 Å². The lowest BCUT2D eigenvalue weighted by molar-refractivity contribution is -0.131. The molecule has 1 aliphatic rings. The Balaban J connectivity index is 2.53. The van der Waals surface area contributed by atoms with Crippen LogP contribution < -0.4 is 0 Å². The fourth-order valence-corrected chi connectivity index (χ4v) is 1.99. The number of hydrogen-bond donors (Lipinski definition) is 0. The number of carbonyl (C=O) groups is 1. The van der Waals surface area contributed by atoms with Crippen LogP contribution in [-0.4, -0.2) is 29.3 Å². The fourth-order valence-electron chi connectivity index (χ4n) is 1.89. The molecule has 0 aliphatic carbocycles. The molecule has 0 aromatic rings. The third kappa shape index (κ3) is 2.37. The van der Waals surface area contributed by atoms with Gasteiger partial charge in [-0.15, -0.1) is 11.6 Å². The molecule has 0 N–H and O–H groups in total. The molecule has 1 rings (SSSR count). The average molecular weight is 204 g/mol. The number of halogens is 1. The molecular formula is C10H18ClNO. The summed E-state index contributed by atoms with van der Waals surface area (Å²) < 4.78 is 0. The number of likely N-dealkylation sites (tertiary alicyclic amines) is 1. The van der Waals surface area contributed by atoms with Gasteiger partial charge in [0, 0.05) is 24.4 Å². The number of nitrogens with zero attached hydrogens (tertiary/aromatic N) is 1. The molecule has 3 heteroatoms. The average Bonchev–Trinajstić information content (AvgIpc) is 2.32. The van der Waals surface area contributed by atoms with E-state index >= 15 is 0 Å². The SMILES string of the molecule is CC(CCl)CN1C(=O)C(C)CC1C. The van der Waals surface area contributed by atoms with Gasteiger partial charge in [0.1, 0.15) is 0 Å². The summed E-state index contributed by atoms with van der Waals surface area (Å²) in [4.78, 5) is 13.6. The van der Waals surface area contributed by atoms with Gasteiger partial charge in [0.15, 0.2) is 0 Å². The van der Waals surface area contributed by atoms with Gasteiger partial charge in [0.2, 0.25) is 5.91 Å². The van der Waals surface area contributed by atoms with Crippen molar-refractivity contribution in [1.82, 2.24) is 4.90 Å². The lowest BCUT2D eigenvalue weighted by Crippen LogP contribution is -2.36. The van der Waals surface area contributed by atoms with E-state index in [-0.39, 0.29) is 5.92 Å². The largest absolute Gasteiger partial charge is 0.339 e. The third-order valence-electron chi connectivity index (χ3n) is 2.70. The number of rotatable bonds is 3. The maximum absolute atomic E-state index is 11.6. The van der Waals surface area contributed by atoms with Crippen molar-refractivity contribution >= 4 is 17.5 Å². The zero-order valence-corrected chi connectivity index (χ0v) is 9.34. The Bertz CT molecular complexity index is 195. The van der Waals surface area contributed by atoms with E-state index < -0.39 is 0 Å². The second kappa shape index (κ2) is 4.32. The molecular weight excluding hydrogens is 186 g/mol. The summed E-state index contributed by atoms with van der Waals surface area (Å²) in [5.74, 6) is 1.53. The first kappa shape index (κ1) is 10.8. The van der Waals surface area contributed by atoms with E-state index in [4.69, 9.17) is 11.6 Å². The Hall–Kier alpha value is -0.240. The molecule has 1 amide bonds. The third-order valence-corrected chi connectivity index (χ3v) is 3.23. The molecule has 0 saturated carbocycles. The normalized spacial score (nSPS) is 31.1. The maximum atomic E-state index is 11.6. The van der Waals surface area contributed by atoms with Crippen LogP contribution in [0.4, 0.5) is 0 Å². The molecule has 2 nitrogen and oxygen atoms in total. The summed E-state index contributed by atoms with van der Waals surface area (Å²) in [5.41, 5.74) is 0. The monoisotopic (exact) mass is 203 g/mol. The topological polar surface area (TPSA) is 20.3 Å². The van der Waals surface area contributed by atoms with Gasteiger partial charge >= 0.3 is 0 Å². The van der Waals surface area contributed by atoms with Crippen LogP contribution in [0.3, 0.4) is 0 Å². The first-order valence-electron chi connectivity index (χ1n) is 4.92. The molecule has 0 aromatic carbocycles. The molecule has 76 valence electrons. The predicted molar refractivity (Wildman–Crippen MR) is 54.8 cm³/mol. The molecule has 1 fully saturated rings. The first-order valence-corrected chi connectivity index (χ1v) is 5.46. The Labute approximate surface area is 85.2 Å². The Morgan fingerprint density at radius 1 is 1.62 bits per heavy atom. The Morgan fingerprint density at radius 3 is 2.62 bits per heavy atom. The lowest BCUT2D eigenvalue weighted by atomic mass is 10.1. The van der Waals surface area contributed by atoms with Crippen molar-refractivity contribution in [3.8, 4) is 0 Å². The first-order chi connectivity index (χ1) is 6.06. The van der Waals surface area contributed by atoms with E-state index in [9.17, 15) is 4.79 Å². The quantitative estimate of drug-likeness (QED) is 0.644. The Kier molecular flexibility index (Phi) is 3.60.